The van der Waals surface area contributed by atoms with Crippen molar-refractivity contribution in [2.24, 2.45) is 5.92 Å². The molecule has 0 fully saturated rings. The molecule has 0 radical (unpaired) electrons. The minimum atomic E-state index is -2.71. The highest BCUT2D eigenvalue weighted by Crippen LogP contribution is 2.27. The summed E-state index contributed by atoms with van der Waals surface area (Å²) in [6.07, 6.45) is 2.52. The number of carbonyl (C=O) groups excluding carboxylic acids is 3. The van der Waals surface area contributed by atoms with E-state index < -0.39 is 30.3 Å². The highest BCUT2D eigenvalue weighted by atomic mass is 19.3. The third-order valence-electron chi connectivity index (χ3n) is 4.61. The number of nitrogens with one attached hydrogen (secondary N) is 1. The fourth-order valence-corrected chi connectivity index (χ4v) is 3.30. The van der Waals surface area contributed by atoms with Gasteiger partial charge < -0.3 is 5.32 Å². The van der Waals surface area contributed by atoms with Gasteiger partial charge in [0.1, 0.15) is 11.9 Å². The molecule has 1 atom stereocenters. The monoisotopic (exact) mass is 390 g/mol. The molecule has 0 saturated heterocycles. The van der Waals surface area contributed by atoms with Crippen molar-refractivity contribution in [3.63, 3.8) is 0 Å². The van der Waals surface area contributed by atoms with Crippen molar-refractivity contribution >= 4 is 17.7 Å². The number of alkyl halides is 2. The summed E-state index contributed by atoms with van der Waals surface area (Å²) < 4.78 is 26.4. The molecule has 1 N–H and O–H groups in total. The van der Waals surface area contributed by atoms with Crippen molar-refractivity contribution in [3.05, 3.63) is 53.6 Å². The van der Waals surface area contributed by atoms with Crippen LogP contribution in [-0.4, -0.2) is 44.8 Å². The zero-order valence-corrected chi connectivity index (χ0v) is 15.4. The highest BCUT2D eigenvalue weighted by Gasteiger charge is 2.43. The summed E-state index contributed by atoms with van der Waals surface area (Å²) in [5.74, 6) is -1.73. The van der Waals surface area contributed by atoms with Crippen molar-refractivity contribution in [2.45, 2.75) is 32.9 Å². The molecular weight excluding hydrogens is 370 g/mol. The van der Waals surface area contributed by atoms with Gasteiger partial charge in [0.05, 0.1) is 11.1 Å². The maximum Gasteiger partial charge on any atom is 0.319 e. The second-order valence-electron chi connectivity index (χ2n) is 6.78. The maximum absolute atomic E-state index is 12.9. The molecule has 1 aromatic carbocycles. The molecule has 1 aromatic heterocycles. The van der Waals surface area contributed by atoms with Crippen LogP contribution in [0.4, 0.5) is 8.78 Å². The largest absolute Gasteiger partial charge is 0.354 e. The molecule has 3 amide bonds. The molecule has 0 spiro atoms. The molecule has 1 unspecified atom stereocenters. The van der Waals surface area contributed by atoms with E-state index in [2.05, 4.69) is 10.3 Å². The fourth-order valence-electron chi connectivity index (χ4n) is 3.30. The lowest BCUT2D eigenvalue weighted by Crippen LogP contribution is -2.52. The van der Waals surface area contributed by atoms with Gasteiger partial charge in [-0.15, -0.1) is 0 Å². The number of aromatic nitrogens is 2. The molecule has 0 aliphatic carbocycles. The first-order chi connectivity index (χ1) is 13.3. The van der Waals surface area contributed by atoms with E-state index in [4.69, 9.17) is 0 Å². The van der Waals surface area contributed by atoms with Crippen molar-refractivity contribution in [3.8, 4) is 0 Å². The van der Waals surface area contributed by atoms with E-state index in [-0.39, 0.29) is 35.8 Å². The lowest BCUT2D eigenvalue weighted by Gasteiger charge is -2.28. The Morgan fingerprint density at radius 2 is 1.75 bits per heavy atom. The summed E-state index contributed by atoms with van der Waals surface area (Å²) in [6.45, 7) is 0.804. The van der Waals surface area contributed by atoms with E-state index in [9.17, 15) is 23.2 Å². The number of amides is 3. The normalized spacial score (nSPS) is 14.7. The van der Waals surface area contributed by atoms with Crippen LogP contribution in [0.1, 0.15) is 46.9 Å². The molecule has 28 heavy (non-hydrogen) atoms. The number of hydrogen-bond acceptors (Lipinski definition) is 4. The Morgan fingerprint density at radius 1 is 1.14 bits per heavy atom. The molecule has 148 valence electrons. The fraction of sp³-hybridized carbons (Fsp3) is 0.368. The average Bonchev–Trinajstić information content (AvgIpc) is 3.21. The van der Waals surface area contributed by atoms with Gasteiger partial charge in [0.15, 0.2) is 0 Å². The Labute approximate surface area is 160 Å². The topological polar surface area (TPSA) is 84.3 Å². The van der Waals surface area contributed by atoms with Crippen LogP contribution in [0.25, 0.3) is 0 Å². The van der Waals surface area contributed by atoms with Gasteiger partial charge in [-0.05, 0) is 18.1 Å². The SMILES string of the molecule is CC(C)C(C(=O)NCCc1nccn1C(F)F)N1C(=O)c2ccccc2C1=O. The zero-order valence-electron chi connectivity index (χ0n) is 15.4. The summed E-state index contributed by atoms with van der Waals surface area (Å²) in [4.78, 5) is 42.9. The van der Waals surface area contributed by atoms with Crippen LogP contribution < -0.4 is 5.32 Å². The lowest BCUT2D eigenvalue weighted by molar-refractivity contribution is -0.126. The van der Waals surface area contributed by atoms with Gasteiger partial charge in [0.25, 0.3) is 11.8 Å². The molecule has 1 aliphatic heterocycles. The van der Waals surface area contributed by atoms with Crippen molar-refractivity contribution in [1.82, 2.24) is 19.8 Å². The van der Waals surface area contributed by atoms with Gasteiger partial charge in [-0.25, -0.2) is 4.98 Å². The first-order valence-corrected chi connectivity index (χ1v) is 8.87. The number of halogens is 2. The number of hydrogen-bond donors (Lipinski definition) is 1. The molecule has 0 saturated carbocycles. The number of imide groups is 1. The lowest BCUT2D eigenvalue weighted by atomic mass is 10.0. The third kappa shape index (κ3) is 3.51. The van der Waals surface area contributed by atoms with Gasteiger partial charge in [0.2, 0.25) is 5.91 Å². The average molecular weight is 390 g/mol. The molecule has 7 nitrogen and oxygen atoms in total. The molecule has 0 bridgehead atoms. The van der Waals surface area contributed by atoms with Crippen molar-refractivity contribution in [2.75, 3.05) is 6.54 Å². The Morgan fingerprint density at radius 3 is 2.29 bits per heavy atom. The van der Waals surface area contributed by atoms with Gasteiger partial charge in [-0.3, -0.25) is 23.9 Å². The summed E-state index contributed by atoms with van der Waals surface area (Å²) in [6, 6.07) is 5.41. The zero-order chi connectivity index (χ0) is 20.4. The third-order valence-corrected chi connectivity index (χ3v) is 4.61. The standard InChI is InChI=1S/C19H20F2N4O3/c1-11(2)15(25-17(27)12-5-3-4-6-13(12)18(25)28)16(26)23-8-7-14-22-9-10-24(14)19(20)21/h3-6,9-11,15,19H,7-8H2,1-2H3,(H,23,26). The second-order valence-corrected chi connectivity index (χ2v) is 6.78. The van der Waals surface area contributed by atoms with Crippen LogP contribution in [0, 0.1) is 5.92 Å². The minimum absolute atomic E-state index is 0.0506. The van der Waals surface area contributed by atoms with Crippen molar-refractivity contribution < 1.29 is 23.2 Å². The van der Waals surface area contributed by atoms with Crippen LogP contribution in [0.3, 0.4) is 0 Å². The summed E-state index contributed by atoms with van der Waals surface area (Å²) in [7, 11) is 0. The van der Waals surface area contributed by atoms with Gasteiger partial charge in [-0.1, -0.05) is 26.0 Å². The first-order valence-electron chi connectivity index (χ1n) is 8.87. The summed E-state index contributed by atoms with van der Waals surface area (Å²) in [5, 5.41) is 2.63. The van der Waals surface area contributed by atoms with Gasteiger partial charge in [-0.2, -0.15) is 8.78 Å². The predicted molar refractivity (Wildman–Crippen MR) is 95.8 cm³/mol. The smallest absolute Gasteiger partial charge is 0.319 e. The number of carbonyl (C=O) groups is 3. The van der Waals surface area contributed by atoms with E-state index in [0.717, 1.165) is 15.7 Å². The Kier molecular flexibility index (Phi) is 5.53. The van der Waals surface area contributed by atoms with Crippen LogP contribution in [-0.2, 0) is 11.2 Å². The molecule has 2 aromatic rings. The molecule has 3 rings (SSSR count). The minimum Gasteiger partial charge on any atom is -0.354 e. The maximum atomic E-state index is 12.9. The number of fused-ring (bicyclic) bond motifs is 1. The summed E-state index contributed by atoms with van der Waals surface area (Å²) in [5.41, 5.74) is 0.537. The van der Waals surface area contributed by atoms with Crippen LogP contribution in [0.15, 0.2) is 36.7 Å². The van der Waals surface area contributed by atoms with Crippen LogP contribution in [0.2, 0.25) is 0 Å². The van der Waals surface area contributed by atoms with Crippen LogP contribution in [0.5, 0.6) is 0 Å². The number of benzene rings is 1. The summed E-state index contributed by atoms with van der Waals surface area (Å²) >= 11 is 0. The molecule has 9 heteroatoms. The van der Waals surface area contributed by atoms with Gasteiger partial charge >= 0.3 is 6.55 Å². The van der Waals surface area contributed by atoms with E-state index in [0.29, 0.717) is 0 Å². The van der Waals surface area contributed by atoms with E-state index in [1.807, 2.05) is 0 Å². The number of imidazole rings is 1. The van der Waals surface area contributed by atoms with Gasteiger partial charge in [0, 0.05) is 25.4 Å². The highest BCUT2D eigenvalue weighted by molar-refractivity contribution is 6.22. The first kappa shape index (κ1) is 19.7. The Hall–Kier alpha value is -3.10. The van der Waals surface area contributed by atoms with E-state index in [1.165, 1.54) is 6.20 Å². The Bertz CT molecular complexity index is 875. The van der Waals surface area contributed by atoms with Crippen molar-refractivity contribution in [1.29, 1.82) is 0 Å². The molecule has 1 aliphatic rings. The predicted octanol–water partition coefficient (Wildman–Crippen LogP) is 2.26. The van der Waals surface area contributed by atoms with E-state index >= 15 is 0 Å². The van der Waals surface area contributed by atoms with Crippen LogP contribution >= 0.6 is 0 Å². The quantitative estimate of drug-likeness (QED) is 0.735. The Balaban J connectivity index is 1.71. The number of rotatable bonds is 7. The second kappa shape index (κ2) is 7.87. The number of nitrogens with zero attached hydrogens (tertiary/aromatic N) is 3. The molecular formula is C19H20F2N4O3. The van der Waals surface area contributed by atoms with E-state index in [1.54, 1.807) is 38.1 Å². The molecule has 2 heterocycles.